The molecule has 1 saturated carbocycles. The lowest BCUT2D eigenvalue weighted by Gasteiger charge is -2.34. The van der Waals surface area contributed by atoms with Crippen molar-refractivity contribution in [3.05, 3.63) is 129 Å². The number of anilines is 1. The van der Waals surface area contributed by atoms with Crippen LogP contribution in [0.2, 0.25) is 15.1 Å². The van der Waals surface area contributed by atoms with Gasteiger partial charge in [-0.1, -0.05) is 108 Å². The molecule has 5 rings (SSSR count). The number of benzene rings is 4. The third kappa shape index (κ3) is 8.42. The molecule has 1 fully saturated rings. The summed E-state index contributed by atoms with van der Waals surface area (Å²) < 4.78 is 29.2. The summed E-state index contributed by atoms with van der Waals surface area (Å²) in [5.74, 6) is -0.869. The molecule has 1 unspecified atom stereocenters. The molecule has 46 heavy (non-hydrogen) atoms. The van der Waals surface area contributed by atoms with Gasteiger partial charge in [0.2, 0.25) is 11.8 Å². The van der Waals surface area contributed by atoms with Gasteiger partial charge in [0.1, 0.15) is 12.6 Å². The Morgan fingerprint density at radius 1 is 0.783 bits per heavy atom. The molecule has 0 bridgehead atoms. The first-order valence-corrected chi connectivity index (χ1v) is 17.6. The smallest absolute Gasteiger partial charge is 0.264 e. The van der Waals surface area contributed by atoms with Gasteiger partial charge in [-0.15, -0.1) is 0 Å². The lowest BCUT2D eigenvalue weighted by atomic mass is 10.0. The van der Waals surface area contributed by atoms with Crippen LogP contribution in [0.1, 0.15) is 36.8 Å². The van der Waals surface area contributed by atoms with Gasteiger partial charge in [0.15, 0.2) is 0 Å². The number of nitrogens with zero attached hydrogens (tertiary/aromatic N) is 2. The number of hydrogen-bond donors (Lipinski definition) is 1. The van der Waals surface area contributed by atoms with E-state index in [1.165, 1.54) is 35.2 Å². The predicted molar refractivity (Wildman–Crippen MR) is 184 cm³/mol. The highest BCUT2D eigenvalue weighted by Crippen LogP contribution is 2.31. The first-order valence-electron chi connectivity index (χ1n) is 15.0. The molecular formula is C35H34Cl3N3O4S. The minimum absolute atomic E-state index is 0.00456. The Balaban J connectivity index is 1.57. The topological polar surface area (TPSA) is 86.8 Å². The zero-order valence-electron chi connectivity index (χ0n) is 25.0. The summed E-state index contributed by atoms with van der Waals surface area (Å²) in [6, 6.07) is 27.8. The number of nitrogens with one attached hydrogen (secondary N) is 1. The van der Waals surface area contributed by atoms with Crippen LogP contribution in [0, 0.1) is 0 Å². The Bertz CT molecular complexity index is 1770. The normalized spacial score (nSPS) is 14.1. The van der Waals surface area contributed by atoms with Crippen molar-refractivity contribution in [2.24, 2.45) is 0 Å². The monoisotopic (exact) mass is 697 g/mol. The second-order valence-electron chi connectivity index (χ2n) is 11.3. The van der Waals surface area contributed by atoms with E-state index in [1.807, 2.05) is 36.4 Å². The Labute approximate surface area is 285 Å². The van der Waals surface area contributed by atoms with Crippen molar-refractivity contribution in [3.8, 4) is 0 Å². The third-order valence-corrected chi connectivity index (χ3v) is 10.8. The Morgan fingerprint density at radius 3 is 2.09 bits per heavy atom. The van der Waals surface area contributed by atoms with E-state index in [-0.39, 0.29) is 45.5 Å². The van der Waals surface area contributed by atoms with Gasteiger partial charge in [0.25, 0.3) is 10.0 Å². The molecule has 7 nitrogen and oxygen atoms in total. The molecule has 4 aromatic rings. The Morgan fingerprint density at radius 2 is 1.43 bits per heavy atom. The van der Waals surface area contributed by atoms with Crippen molar-refractivity contribution in [2.45, 2.75) is 55.6 Å². The first-order chi connectivity index (χ1) is 22.1. The average molecular weight is 699 g/mol. The maximum atomic E-state index is 14.6. The van der Waals surface area contributed by atoms with E-state index in [0.717, 1.165) is 35.6 Å². The first kappa shape index (κ1) is 33.8. The zero-order valence-corrected chi connectivity index (χ0v) is 28.1. The molecule has 0 radical (unpaired) electrons. The Kier molecular flexibility index (Phi) is 11.3. The summed E-state index contributed by atoms with van der Waals surface area (Å²) in [5.41, 5.74) is 1.71. The van der Waals surface area contributed by atoms with Crippen LogP contribution in [0.25, 0.3) is 0 Å². The lowest BCUT2D eigenvalue weighted by Crippen LogP contribution is -2.54. The molecule has 240 valence electrons. The van der Waals surface area contributed by atoms with Crippen LogP contribution >= 0.6 is 34.8 Å². The highest BCUT2D eigenvalue weighted by molar-refractivity contribution is 7.92. The largest absolute Gasteiger partial charge is 0.352 e. The molecule has 1 aliphatic rings. The summed E-state index contributed by atoms with van der Waals surface area (Å²) in [6.45, 7) is -0.576. The van der Waals surface area contributed by atoms with E-state index in [2.05, 4.69) is 5.32 Å². The van der Waals surface area contributed by atoms with Gasteiger partial charge < -0.3 is 10.2 Å². The molecule has 1 aliphatic carbocycles. The highest BCUT2D eigenvalue weighted by Gasteiger charge is 2.35. The van der Waals surface area contributed by atoms with Gasteiger partial charge in [-0.05, 0) is 66.4 Å². The predicted octanol–water partition coefficient (Wildman–Crippen LogP) is 7.54. The van der Waals surface area contributed by atoms with Gasteiger partial charge in [0.05, 0.1) is 20.6 Å². The molecule has 4 aromatic carbocycles. The van der Waals surface area contributed by atoms with E-state index in [9.17, 15) is 18.0 Å². The van der Waals surface area contributed by atoms with Gasteiger partial charge in [0, 0.05) is 24.0 Å². The SMILES string of the molecule is O=C(NC1CCCC1)C(Cc1ccccc1)N(Cc1cccc(Cl)c1)C(=O)CN(c1ccc(Cl)c(Cl)c1)S(=O)(=O)c1ccccc1. The maximum absolute atomic E-state index is 14.6. The standard InChI is InChI=1S/C35H34Cl3N3O4S/c36-27-13-9-12-26(20-27)23-40(33(21-25-10-3-1-4-11-25)35(43)39-28-14-7-8-15-28)34(42)24-41(29-18-19-31(37)32(38)22-29)46(44,45)30-16-5-2-6-17-30/h1-6,9-13,16-20,22,28,33H,7-8,14-15,21,23-24H2,(H,39,43). The van der Waals surface area contributed by atoms with Crippen molar-refractivity contribution in [3.63, 3.8) is 0 Å². The fraction of sp³-hybridized carbons (Fsp3) is 0.257. The maximum Gasteiger partial charge on any atom is 0.264 e. The van der Waals surface area contributed by atoms with Gasteiger partial charge in [-0.25, -0.2) is 8.42 Å². The van der Waals surface area contributed by atoms with Crippen LogP contribution < -0.4 is 9.62 Å². The van der Waals surface area contributed by atoms with E-state index in [1.54, 1.807) is 36.4 Å². The number of carbonyl (C=O) groups excluding carboxylic acids is 2. The van der Waals surface area contributed by atoms with Crippen molar-refractivity contribution in [1.29, 1.82) is 0 Å². The Hall–Kier alpha value is -3.56. The number of sulfonamides is 1. The van der Waals surface area contributed by atoms with Crippen molar-refractivity contribution < 1.29 is 18.0 Å². The molecule has 1 atom stereocenters. The second kappa shape index (κ2) is 15.4. The van der Waals surface area contributed by atoms with Gasteiger partial charge in [-0.3, -0.25) is 13.9 Å². The second-order valence-corrected chi connectivity index (χ2v) is 14.4. The van der Waals surface area contributed by atoms with E-state index >= 15 is 0 Å². The van der Waals surface area contributed by atoms with Crippen LogP contribution in [0.4, 0.5) is 5.69 Å². The number of amides is 2. The molecule has 0 saturated heterocycles. The molecule has 0 heterocycles. The number of carbonyl (C=O) groups is 2. The fourth-order valence-corrected chi connectivity index (χ4v) is 7.57. The molecule has 0 aliphatic heterocycles. The van der Waals surface area contributed by atoms with Crippen LogP contribution in [-0.2, 0) is 32.6 Å². The number of rotatable bonds is 12. The number of halogens is 3. The quantitative estimate of drug-likeness (QED) is 0.166. The zero-order chi connectivity index (χ0) is 32.7. The van der Waals surface area contributed by atoms with Crippen LogP contribution in [-0.4, -0.2) is 43.8 Å². The van der Waals surface area contributed by atoms with Crippen molar-refractivity contribution >= 4 is 62.3 Å². The van der Waals surface area contributed by atoms with Gasteiger partial charge in [-0.2, -0.15) is 0 Å². The molecule has 0 aromatic heterocycles. The molecule has 2 amide bonds. The minimum Gasteiger partial charge on any atom is -0.352 e. The lowest BCUT2D eigenvalue weighted by molar-refractivity contribution is -0.140. The molecule has 1 N–H and O–H groups in total. The average Bonchev–Trinajstić information content (AvgIpc) is 3.56. The molecule has 0 spiro atoms. The third-order valence-electron chi connectivity index (χ3n) is 8.02. The highest BCUT2D eigenvalue weighted by atomic mass is 35.5. The fourth-order valence-electron chi connectivity index (χ4n) is 5.64. The van der Waals surface area contributed by atoms with E-state index in [4.69, 9.17) is 34.8 Å². The summed E-state index contributed by atoms with van der Waals surface area (Å²) in [6.07, 6.45) is 4.01. The van der Waals surface area contributed by atoms with E-state index in [0.29, 0.717) is 10.6 Å². The number of hydrogen-bond acceptors (Lipinski definition) is 4. The summed E-state index contributed by atoms with van der Waals surface area (Å²) in [4.78, 5) is 30.1. The van der Waals surface area contributed by atoms with Crippen molar-refractivity contribution in [1.82, 2.24) is 10.2 Å². The van der Waals surface area contributed by atoms with Gasteiger partial charge >= 0.3 is 0 Å². The molecular weight excluding hydrogens is 665 g/mol. The van der Waals surface area contributed by atoms with Crippen LogP contribution in [0.3, 0.4) is 0 Å². The summed E-state index contributed by atoms with van der Waals surface area (Å²) in [7, 11) is -4.25. The van der Waals surface area contributed by atoms with E-state index < -0.39 is 28.5 Å². The van der Waals surface area contributed by atoms with Crippen LogP contribution in [0.15, 0.2) is 108 Å². The van der Waals surface area contributed by atoms with Crippen LogP contribution in [0.5, 0.6) is 0 Å². The summed E-state index contributed by atoms with van der Waals surface area (Å²) in [5, 5.41) is 4.01. The molecule has 11 heteroatoms. The summed E-state index contributed by atoms with van der Waals surface area (Å²) >= 11 is 18.8. The minimum atomic E-state index is -4.25. The van der Waals surface area contributed by atoms with Crippen molar-refractivity contribution in [2.75, 3.05) is 10.8 Å².